The van der Waals surface area contributed by atoms with Crippen molar-refractivity contribution in [2.24, 2.45) is 11.5 Å². The van der Waals surface area contributed by atoms with E-state index in [2.05, 4.69) is 0 Å². The molecule has 2 unspecified atom stereocenters. The minimum atomic E-state index is -5.17. The van der Waals surface area contributed by atoms with Gasteiger partial charge in [-0.1, -0.05) is 12.8 Å². The van der Waals surface area contributed by atoms with Gasteiger partial charge in [0.25, 0.3) is 0 Å². The zero-order valence-corrected chi connectivity index (χ0v) is 16.6. The van der Waals surface area contributed by atoms with E-state index in [-0.39, 0.29) is 92.3 Å². The maximum absolute atomic E-state index is 8.52. The molecule has 0 bridgehead atoms. The van der Waals surface area contributed by atoms with Crippen molar-refractivity contribution in [3.05, 3.63) is 0 Å². The Morgan fingerprint density at radius 3 is 1.25 bits per heavy atom. The van der Waals surface area contributed by atoms with Crippen LogP contribution in [0.2, 0.25) is 0 Å². The normalized spacial score (nSPS) is 23.5. The Hall–Kier alpha value is 2.48. The molecule has 0 aromatic carbocycles. The van der Waals surface area contributed by atoms with Crippen molar-refractivity contribution >= 4 is 10.4 Å². The van der Waals surface area contributed by atoms with Gasteiger partial charge in [-0.25, -0.2) is 0 Å². The molecule has 1 aliphatic carbocycles. The Balaban J connectivity index is -0.0000000818. The van der Waals surface area contributed by atoms with Crippen molar-refractivity contribution in [1.29, 1.82) is 0 Å². The zero-order chi connectivity index (χ0) is 10.5. The molecule has 88 valence electrons. The summed E-state index contributed by atoms with van der Waals surface area (Å²) in [7, 11) is -5.17. The van der Waals surface area contributed by atoms with Gasteiger partial charge in [0.2, 0.25) is 0 Å². The van der Waals surface area contributed by atoms with Gasteiger partial charge in [0, 0.05) is 22.5 Å². The Morgan fingerprint density at radius 2 is 1.12 bits per heavy atom. The summed E-state index contributed by atoms with van der Waals surface area (Å²) in [6, 6.07) is 0.562. The maximum atomic E-state index is 8.52. The molecule has 0 amide bonds. The molecule has 1 fully saturated rings. The molecule has 0 spiro atoms. The Labute approximate surface area is 155 Å². The summed E-state index contributed by atoms with van der Waals surface area (Å²) in [6.45, 7) is 0. The van der Waals surface area contributed by atoms with Crippen LogP contribution in [0, 0.1) is 0 Å². The molecule has 0 radical (unpaired) electrons. The van der Waals surface area contributed by atoms with E-state index in [1.807, 2.05) is 0 Å². The summed E-state index contributed by atoms with van der Waals surface area (Å²) >= 11 is 0. The van der Waals surface area contributed by atoms with Crippen LogP contribution < -0.4 is 70.6 Å². The van der Waals surface area contributed by atoms with E-state index in [1.165, 1.54) is 12.8 Å². The third-order valence-electron chi connectivity index (χ3n) is 1.87. The molecule has 0 heterocycles. The van der Waals surface area contributed by atoms with E-state index >= 15 is 0 Å². The quantitative estimate of drug-likeness (QED) is 0.214. The van der Waals surface area contributed by atoms with Crippen molar-refractivity contribution in [2.75, 3.05) is 0 Å². The third-order valence-corrected chi connectivity index (χ3v) is 1.87. The maximum Gasteiger partial charge on any atom is 2.00 e. The molecule has 0 aliphatic heterocycles. The first-order chi connectivity index (χ1) is 5.80. The van der Waals surface area contributed by atoms with Gasteiger partial charge < -0.3 is 20.6 Å². The minimum Gasteiger partial charge on any atom is -0.759 e. The second-order valence-corrected chi connectivity index (χ2v) is 3.84. The fraction of sp³-hybridized carbons (Fsp3) is 1.00. The summed E-state index contributed by atoms with van der Waals surface area (Å²) in [5.41, 5.74) is 11.3. The minimum absolute atomic E-state index is 0. The number of hydrogen-bond acceptors (Lipinski definition) is 6. The van der Waals surface area contributed by atoms with Crippen LogP contribution in [-0.2, 0) is 31.5 Å². The summed E-state index contributed by atoms with van der Waals surface area (Å²) in [4.78, 5) is 0. The van der Waals surface area contributed by atoms with Gasteiger partial charge in [-0.2, -0.15) is 0 Å². The van der Waals surface area contributed by atoms with Crippen LogP contribution >= 0.6 is 0 Å². The molecule has 0 aromatic heterocycles. The number of nitrogens with two attached hydrogens (primary N) is 2. The van der Waals surface area contributed by atoms with E-state index in [4.69, 9.17) is 29.0 Å². The fourth-order valence-electron chi connectivity index (χ4n) is 1.19. The molecule has 10 heteroatoms. The monoisotopic (exact) mass is 451 g/mol. The molecule has 1 rings (SSSR count). The van der Waals surface area contributed by atoms with Gasteiger partial charge >= 0.3 is 80.2 Å². The van der Waals surface area contributed by atoms with Crippen LogP contribution in [0.3, 0.4) is 0 Å². The van der Waals surface area contributed by atoms with Gasteiger partial charge in [0.05, 0.1) is 0 Å². The molecular formula is C6H14N2Na2O4PtS+2. The molecule has 0 saturated heterocycles. The zero-order valence-electron chi connectivity index (χ0n) is 9.50. The molecule has 0 aromatic rings. The van der Waals surface area contributed by atoms with E-state index < -0.39 is 10.4 Å². The van der Waals surface area contributed by atoms with Crippen molar-refractivity contribution in [3.8, 4) is 0 Å². The Morgan fingerprint density at radius 1 is 0.938 bits per heavy atom. The van der Waals surface area contributed by atoms with E-state index in [0.29, 0.717) is 0 Å². The number of hydrogen-bond donors (Lipinski definition) is 2. The van der Waals surface area contributed by atoms with Crippen LogP contribution in [-0.4, -0.2) is 29.6 Å². The molecule has 16 heavy (non-hydrogen) atoms. The van der Waals surface area contributed by atoms with Crippen LogP contribution in [0.5, 0.6) is 0 Å². The fourth-order valence-corrected chi connectivity index (χ4v) is 1.19. The summed E-state index contributed by atoms with van der Waals surface area (Å²) < 4.78 is 34.1. The first-order valence-corrected chi connectivity index (χ1v) is 5.32. The molecule has 6 nitrogen and oxygen atoms in total. The molecule has 2 atom stereocenters. The second kappa shape index (κ2) is 13.9. The Kier molecular flexibility index (Phi) is 23.4. The summed E-state index contributed by atoms with van der Waals surface area (Å²) in [5, 5.41) is 0. The first kappa shape index (κ1) is 26.9. The first-order valence-electron chi connectivity index (χ1n) is 3.98. The predicted octanol–water partition coefficient (Wildman–Crippen LogP) is -7.12. The Bertz CT molecular complexity index is 225. The van der Waals surface area contributed by atoms with Crippen LogP contribution in [0.15, 0.2) is 0 Å². The van der Waals surface area contributed by atoms with Crippen molar-refractivity contribution in [3.63, 3.8) is 0 Å². The van der Waals surface area contributed by atoms with Crippen LogP contribution in [0.4, 0.5) is 0 Å². The number of rotatable bonds is 0. The van der Waals surface area contributed by atoms with Crippen molar-refractivity contribution in [2.45, 2.75) is 37.8 Å². The van der Waals surface area contributed by atoms with E-state index in [0.717, 1.165) is 12.8 Å². The van der Waals surface area contributed by atoms with Gasteiger partial charge in [-0.15, -0.1) is 0 Å². The summed E-state index contributed by atoms with van der Waals surface area (Å²) in [6.07, 6.45) is 4.80. The van der Waals surface area contributed by atoms with Crippen molar-refractivity contribution < 1.29 is 97.7 Å². The average Bonchev–Trinajstić information content (AvgIpc) is 1.92. The predicted molar refractivity (Wildman–Crippen MR) is 44.9 cm³/mol. The van der Waals surface area contributed by atoms with Crippen LogP contribution in [0.25, 0.3) is 0 Å². The van der Waals surface area contributed by atoms with Gasteiger partial charge in [0.1, 0.15) is 0 Å². The van der Waals surface area contributed by atoms with Crippen molar-refractivity contribution in [1.82, 2.24) is 0 Å². The smallest absolute Gasteiger partial charge is 0.759 e. The van der Waals surface area contributed by atoms with Gasteiger partial charge in [-0.05, 0) is 12.8 Å². The second-order valence-electron chi connectivity index (χ2n) is 3.02. The largest absolute Gasteiger partial charge is 2.00 e. The van der Waals surface area contributed by atoms with E-state index in [1.54, 1.807) is 0 Å². The molecular weight excluding hydrogens is 437 g/mol. The topological polar surface area (TPSA) is 132 Å². The van der Waals surface area contributed by atoms with Crippen LogP contribution in [0.1, 0.15) is 25.7 Å². The average molecular weight is 451 g/mol. The molecule has 1 saturated carbocycles. The molecule has 4 N–H and O–H groups in total. The summed E-state index contributed by atoms with van der Waals surface area (Å²) in [5.74, 6) is 0. The standard InChI is InChI=1S/C6H14N2.2Na.H2O4S.Pt/c7-5-3-1-2-4-6(5)8;;;1-5(2,3)4;/h5-6H,1-4,7-8H2;;;(H2,1,2,3,4);/q;2*+1;;+2/p-2. The van der Waals surface area contributed by atoms with E-state index in [9.17, 15) is 0 Å². The third kappa shape index (κ3) is 21.7. The molecule has 1 aliphatic rings. The van der Waals surface area contributed by atoms with Gasteiger partial charge in [0.15, 0.2) is 0 Å². The SMILES string of the molecule is NC1CCCCC1N.O=S(=O)([O-])[O-].[Na+].[Na+].[Pt+2]. The van der Waals surface area contributed by atoms with Gasteiger partial charge in [-0.3, -0.25) is 8.42 Å².